The van der Waals surface area contributed by atoms with E-state index in [1.807, 2.05) is 0 Å². The summed E-state index contributed by atoms with van der Waals surface area (Å²) < 4.78 is 0. The summed E-state index contributed by atoms with van der Waals surface area (Å²) in [6.07, 6.45) is 9.14. The van der Waals surface area contributed by atoms with Gasteiger partial charge in [0, 0.05) is 5.54 Å². The summed E-state index contributed by atoms with van der Waals surface area (Å²) in [5.74, 6) is 1.18. The maximum absolute atomic E-state index is 12.6. The van der Waals surface area contributed by atoms with Crippen molar-refractivity contribution in [2.24, 2.45) is 23.2 Å². The Labute approximate surface area is 119 Å². The van der Waals surface area contributed by atoms with Gasteiger partial charge < -0.3 is 10.4 Å². The van der Waals surface area contributed by atoms with Crippen LogP contribution in [0.5, 0.6) is 0 Å². The highest BCUT2D eigenvalue weighted by Crippen LogP contribution is 2.56. The van der Waals surface area contributed by atoms with Gasteiger partial charge in [0.2, 0.25) is 5.91 Å². The maximum atomic E-state index is 12.6. The molecule has 0 saturated heterocycles. The predicted molar refractivity (Wildman–Crippen MR) is 73.0 cm³/mol. The third-order valence-corrected chi connectivity index (χ3v) is 6.47. The van der Waals surface area contributed by atoms with Crippen molar-refractivity contribution >= 4 is 11.9 Å². The van der Waals surface area contributed by atoms with Crippen LogP contribution in [0.25, 0.3) is 0 Å². The van der Waals surface area contributed by atoms with Gasteiger partial charge >= 0.3 is 5.97 Å². The Morgan fingerprint density at radius 2 is 1.45 bits per heavy atom. The SMILES string of the molecule is O=C(O)C1(C(=O)NC23CC4CC(CC(C4)C2)C3)CCC1. The van der Waals surface area contributed by atoms with Crippen molar-refractivity contribution in [3.63, 3.8) is 0 Å². The van der Waals surface area contributed by atoms with Crippen LogP contribution >= 0.6 is 0 Å². The standard InChI is InChI=1S/C16H23NO3/c18-13(16(14(19)20)2-1-3-16)17-15-7-10-4-11(8-15)6-12(5-10)9-15/h10-12H,1-9H2,(H,17,18)(H,19,20). The highest BCUT2D eigenvalue weighted by molar-refractivity contribution is 6.03. The summed E-state index contributed by atoms with van der Waals surface area (Å²) in [5.41, 5.74) is -1.17. The van der Waals surface area contributed by atoms with Crippen molar-refractivity contribution in [1.29, 1.82) is 0 Å². The fraction of sp³-hybridized carbons (Fsp3) is 0.875. The van der Waals surface area contributed by atoms with E-state index >= 15 is 0 Å². The summed E-state index contributed by atoms with van der Waals surface area (Å²) in [5, 5.41) is 12.6. The van der Waals surface area contributed by atoms with Crippen LogP contribution in [0.3, 0.4) is 0 Å². The monoisotopic (exact) mass is 277 g/mol. The molecule has 5 aliphatic rings. The Bertz CT molecular complexity index is 431. The molecule has 0 unspecified atom stereocenters. The van der Waals surface area contributed by atoms with Crippen LogP contribution in [-0.4, -0.2) is 22.5 Å². The van der Waals surface area contributed by atoms with Crippen LogP contribution in [0.15, 0.2) is 0 Å². The minimum Gasteiger partial charge on any atom is -0.480 e. The summed E-state index contributed by atoms with van der Waals surface area (Å²) in [6.45, 7) is 0. The Morgan fingerprint density at radius 1 is 0.950 bits per heavy atom. The van der Waals surface area contributed by atoms with Gasteiger partial charge in [0.05, 0.1) is 0 Å². The molecule has 0 aromatic rings. The molecule has 4 bridgehead atoms. The van der Waals surface area contributed by atoms with E-state index in [1.54, 1.807) is 0 Å². The lowest BCUT2D eigenvalue weighted by Gasteiger charge is -2.57. The molecule has 0 atom stereocenters. The average molecular weight is 277 g/mol. The quantitative estimate of drug-likeness (QED) is 0.778. The fourth-order valence-electron chi connectivity index (χ4n) is 5.69. The largest absolute Gasteiger partial charge is 0.480 e. The lowest BCUT2D eigenvalue weighted by molar-refractivity contribution is -0.164. The van der Waals surface area contributed by atoms with E-state index in [4.69, 9.17) is 0 Å². The zero-order valence-corrected chi connectivity index (χ0v) is 11.9. The second kappa shape index (κ2) is 3.99. The zero-order valence-electron chi connectivity index (χ0n) is 11.9. The highest BCUT2D eigenvalue weighted by Gasteiger charge is 2.56. The zero-order chi connectivity index (χ0) is 14.0. The van der Waals surface area contributed by atoms with Gasteiger partial charge in [0.1, 0.15) is 5.41 Å². The van der Waals surface area contributed by atoms with Crippen LogP contribution < -0.4 is 5.32 Å². The van der Waals surface area contributed by atoms with E-state index in [2.05, 4.69) is 5.32 Å². The fourth-order valence-corrected chi connectivity index (χ4v) is 5.69. The van der Waals surface area contributed by atoms with E-state index < -0.39 is 11.4 Å². The first-order chi connectivity index (χ1) is 9.51. The summed E-state index contributed by atoms with van der Waals surface area (Å²) >= 11 is 0. The van der Waals surface area contributed by atoms with Gasteiger partial charge in [-0.3, -0.25) is 9.59 Å². The van der Waals surface area contributed by atoms with E-state index in [0.717, 1.165) is 43.4 Å². The van der Waals surface area contributed by atoms with Crippen LogP contribution in [-0.2, 0) is 9.59 Å². The van der Waals surface area contributed by atoms with Gasteiger partial charge in [-0.1, -0.05) is 6.42 Å². The molecule has 1 amide bonds. The maximum Gasteiger partial charge on any atom is 0.319 e. The molecule has 4 nitrogen and oxygen atoms in total. The smallest absolute Gasteiger partial charge is 0.319 e. The number of hydrogen-bond acceptors (Lipinski definition) is 2. The van der Waals surface area contributed by atoms with Crippen LogP contribution in [0.1, 0.15) is 57.8 Å². The molecule has 0 aliphatic heterocycles. The Morgan fingerprint density at radius 3 is 1.80 bits per heavy atom. The molecule has 2 N–H and O–H groups in total. The average Bonchev–Trinajstić information content (AvgIpc) is 2.22. The van der Waals surface area contributed by atoms with Crippen molar-refractivity contribution in [2.75, 3.05) is 0 Å². The van der Waals surface area contributed by atoms with E-state index in [0.29, 0.717) is 12.8 Å². The normalized spacial score (nSPS) is 43.9. The lowest BCUT2D eigenvalue weighted by Crippen LogP contribution is -2.64. The number of rotatable bonds is 3. The molecule has 0 heterocycles. The Hall–Kier alpha value is -1.06. The number of nitrogens with one attached hydrogen (secondary N) is 1. The molecule has 5 aliphatic carbocycles. The van der Waals surface area contributed by atoms with Crippen LogP contribution in [0.2, 0.25) is 0 Å². The molecule has 0 radical (unpaired) electrons. The molecule has 20 heavy (non-hydrogen) atoms. The van der Waals surface area contributed by atoms with Crippen molar-refractivity contribution < 1.29 is 14.7 Å². The Balaban J connectivity index is 1.54. The first-order valence-electron chi connectivity index (χ1n) is 8.07. The molecule has 5 fully saturated rings. The third kappa shape index (κ3) is 1.66. The number of carbonyl (C=O) groups excluding carboxylic acids is 1. The number of hydrogen-bond donors (Lipinski definition) is 2. The van der Waals surface area contributed by atoms with Crippen LogP contribution in [0, 0.1) is 23.2 Å². The summed E-state index contributed by atoms with van der Waals surface area (Å²) in [4.78, 5) is 24.1. The molecule has 0 aromatic carbocycles. The van der Waals surface area contributed by atoms with Gasteiger partial charge in [0.25, 0.3) is 0 Å². The first kappa shape index (κ1) is 12.7. The number of aliphatic carboxylic acids is 1. The highest BCUT2D eigenvalue weighted by atomic mass is 16.4. The second-order valence-electron chi connectivity index (χ2n) is 7.89. The van der Waals surface area contributed by atoms with E-state index in [-0.39, 0.29) is 11.4 Å². The van der Waals surface area contributed by atoms with E-state index in [9.17, 15) is 14.7 Å². The molecule has 0 spiro atoms. The number of carboxylic acid groups (broad SMARTS) is 1. The molecule has 110 valence electrons. The Kier molecular flexibility index (Phi) is 2.52. The minimum atomic E-state index is -1.11. The van der Waals surface area contributed by atoms with Crippen LogP contribution in [0.4, 0.5) is 0 Å². The lowest BCUT2D eigenvalue weighted by atomic mass is 9.52. The third-order valence-electron chi connectivity index (χ3n) is 6.47. The minimum absolute atomic E-state index is 0.0656. The molecule has 4 heteroatoms. The van der Waals surface area contributed by atoms with Crippen molar-refractivity contribution in [3.8, 4) is 0 Å². The number of carboxylic acids is 1. The first-order valence-corrected chi connectivity index (χ1v) is 8.07. The molecule has 5 rings (SSSR count). The number of amides is 1. The van der Waals surface area contributed by atoms with Crippen molar-refractivity contribution in [2.45, 2.75) is 63.3 Å². The molecular formula is C16H23NO3. The molecule has 0 aromatic heterocycles. The van der Waals surface area contributed by atoms with Gasteiger partial charge in [-0.2, -0.15) is 0 Å². The molecular weight excluding hydrogens is 254 g/mol. The van der Waals surface area contributed by atoms with Crippen molar-refractivity contribution in [1.82, 2.24) is 5.32 Å². The van der Waals surface area contributed by atoms with E-state index in [1.165, 1.54) is 19.3 Å². The van der Waals surface area contributed by atoms with Gasteiger partial charge in [0.15, 0.2) is 0 Å². The van der Waals surface area contributed by atoms with Gasteiger partial charge in [-0.05, 0) is 69.1 Å². The number of carbonyl (C=O) groups is 2. The van der Waals surface area contributed by atoms with Crippen molar-refractivity contribution in [3.05, 3.63) is 0 Å². The predicted octanol–water partition coefficient (Wildman–Crippen LogP) is 2.33. The summed E-state index contributed by atoms with van der Waals surface area (Å²) in [6, 6.07) is 0. The second-order valence-corrected chi connectivity index (χ2v) is 7.89. The van der Waals surface area contributed by atoms with Gasteiger partial charge in [-0.15, -0.1) is 0 Å². The topological polar surface area (TPSA) is 66.4 Å². The molecule has 5 saturated carbocycles. The summed E-state index contributed by atoms with van der Waals surface area (Å²) in [7, 11) is 0. The van der Waals surface area contributed by atoms with Gasteiger partial charge in [-0.25, -0.2) is 0 Å².